The van der Waals surface area contributed by atoms with Gasteiger partial charge in [-0.25, -0.2) is 4.58 Å². The molecule has 0 spiro atoms. The Bertz CT molecular complexity index is 708. The second kappa shape index (κ2) is 6.41. The first kappa shape index (κ1) is 14.9. The zero-order valence-corrected chi connectivity index (χ0v) is 13.6. The van der Waals surface area contributed by atoms with E-state index in [2.05, 4.69) is 29.0 Å². The lowest BCUT2D eigenvalue weighted by Gasteiger charge is -2.16. The second-order valence-corrected chi connectivity index (χ2v) is 5.82. The maximum absolute atomic E-state index is 5.94. The van der Waals surface area contributed by atoms with E-state index in [1.54, 1.807) is 14.2 Å². The Morgan fingerprint density at radius 3 is 2.41 bits per heavy atom. The van der Waals surface area contributed by atoms with Crippen LogP contribution in [0.15, 0.2) is 36.4 Å². The maximum atomic E-state index is 5.94. The summed E-state index contributed by atoms with van der Waals surface area (Å²) in [5, 5.41) is 0.772. The minimum atomic E-state index is 0.769. The SMILES string of the molecule is COc1cc2c(cc1OC)CC[N+](Cc1ccc(Cl)cc1)=C2. The molecule has 0 amide bonds. The van der Waals surface area contributed by atoms with Crippen LogP contribution in [-0.4, -0.2) is 31.6 Å². The van der Waals surface area contributed by atoms with Gasteiger partial charge in [-0.15, -0.1) is 0 Å². The molecule has 4 heteroatoms. The number of rotatable bonds is 4. The third kappa shape index (κ3) is 3.09. The summed E-state index contributed by atoms with van der Waals surface area (Å²) in [5.41, 5.74) is 3.74. The molecule has 1 aliphatic rings. The van der Waals surface area contributed by atoms with Crippen LogP contribution in [0.5, 0.6) is 11.5 Å². The molecule has 0 saturated carbocycles. The van der Waals surface area contributed by atoms with Gasteiger partial charge in [-0.3, -0.25) is 0 Å². The lowest BCUT2D eigenvalue weighted by Crippen LogP contribution is -2.22. The largest absolute Gasteiger partial charge is 0.493 e. The highest BCUT2D eigenvalue weighted by atomic mass is 35.5. The van der Waals surface area contributed by atoms with Crippen LogP contribution in [0.1, 0.15) is 16.7 Å². The number of hydrogen-bond donors (Lipinski definition) is 0. The molecule has 0 bridgehead atoms. The molecule has 2 aromatic rings. The fourth-order valence-electron chi connectivity index (χ4n) is 2.75. The van der Waals surface area contributed by atoms with Gasteiger partial charge in [-0.05, 0) is 29.8 Å². The molecule has 0 N–H and O–H groups in total. The molecule has 114 valence electrons. The zero-order chi connectivity index (χ0) is 15.5. The lowest BCUT2D eigenvalue weighted by molar-refractivity contribution is -0.540. The van der Waals surface area contributed by atoms with E-state index in [0.29, 0.717) is 0 Å². The Hall–Kier alpha value is -2.00. The van der Waals surface area contributed by atoms with Crippen molar-refractivity contribution in [2.24, 2.45) is 0 Å². The van der Waals surface area contributed by atoms with E-state index in [1.165, 1.54) is 16.7 Å². The van der Waals surface area contributed by atoms with Gasteiger partial charge in [0.15, 0.2) is 24.3 Å². The predicted molar refractivity (Wildman–Crippen MR) is 88.7 cm³/mol. The Balaban J connectivity index is 1.87. The molecule has 0 aromatic heterocycles. The summed E-state index contributed by atoms with van der Waals surface area (Å²) >= 11 is 5.94. The molecule has 0 atom stereocenters. The second-order valence-electron chi connectivity index (χ2n) is 5.38. The Morgan fingerprint density at radius 1 is 1.05 bits per heavy atom. The third-order valence-corrected chi connectivity index (χ3v) is 4.19. The van der Waals surface area contributed by atoms with E-state index >= 15 is 0 Å². The summed E-state index contributed by atoms with van der Waals surface area (Å²) in [6.07, 6.45) is 3.19. The highest BCUT2D eigenvalue weighted by Gasteiger charge is 2.19. The molecule has 0 aliphatic carbocycles. The average Bonchev–Trinajstić information content (AvgIpc) is 2.55. The van der Waals surface area contributed by atoms with Gasteiger partial charge in [0.05, 0.1) is 14.2 Å². The van der Waals surface area contributed by atoms with Crippen molar-refractivity contribution in [1.82, 2.24) is 0 Å². The monoisotopic (exact) mass is 316 g/mol. The smallest absolute Gasteiger partial charge is 0.171 e. The molecule has 0 radical (unpaired) electrons. The van der Waals surface area contributed by atoms with Gasteiger partial charge in [0.1, 0.15) is 6.54 Å². The highest BCUT2D eigenvalue weighted by molar-refractivity contribution is 6.30. The number of fused-ring (bicyclic) bond motifs is 1. The van der Waals surface area contributed by atoms with Crippen molar-refractivity contribution in [3.8, 4) is 11.5 Å². The summed E-state index contributed by atoms with van der Waals surface area (Å²) in [7, 11) is 3.34. The van der Waals surface area contributed by atoms with Crippen molar-refractivity contribution < 1.29 is 14.0 Å². The molecule has 0 unspecified atom stereocenters. The van der Waals surface area contributed by atoms with Crippen molar-refractivity contribution in [2.75, 3.05) is 20.8 Å². The fraction of sp³-hybridized carbons (Fsp3) is 0.278. The van der Waals surface area contributed by atoms with Crippen LogP contribution in [0, 0.1) is 0 Å². The predicted octanol–water partition coefficient (Wildman–Crippen LogP) is 3.54. The summed E-state index contributed by atoms with van der Waals surface area (Å²) in [4.78, 5) is 0. The molecule has 1 heterocycles. The minimum Gasteiger partial charge on any atom is -0.493 e. The van der Waals surface area contributed by atoms with Gasteiger partial charge >= 0.3 is 0 Å². The van der Waals surface area contributed by atoms with Crippen molar-refractivity contribution in [1.29, 1.82) is 0 Å². The lowest BCUT2D eigenvalue weighted by atomic mass is 10.0. The molecule has 3 rings (SSSR count). The van der Waals surface area contributed by atoms with E-state index in [4.69, 9.17) is 21.1 Å². The molecular formula is C18H19ClNO2+. The Kier molecular flexibility index (Phi) is 4.34. The van der Waals surface area contributed by atoms with Gasteiger partial charge < -0.3 is 9.47 Å². The van der Waals surface area contributed by atoms with Crippen LogP contribution in [0.3, 0.4) is 0 Å². The summed E-state index contributed by atoms with van der Waals surface area (Å²) < 4.78 is 13.1. The molecule has 0 saturated heterocycles. The van der Waals surface area contributed by atoms with Crippen LogP contribution >= 0.6 is 11.6 Å². The van der Waals surface area contributed by atoms with Crippen molar-refractivity contribution in [3.63, 3.8) is 0 Å². The molecular weight excluding hydrogens is 298 g/mol. The Morgan fingerprint density at radius 2 is 1.73 bits per heavy atom. The molecule has 22 heavy (non-hydrogen) atoms. The van der Waals surface area contributed by atoms with E-state index < -0.39 is 0 Å². The molecule has 2 aromatic carbocycles. The van der Waals surface area contributed by atoms with Crippen molar-refractivity contribution in [2.45, 2.75) is 13.0 Å². The van der Waals surface area contributed by atoms with Crippen molar-refractivity contribution in [3.05, 3.63) is 58.1 Å². The third-order valence-electron chi connectivity index (χ3n) is 3.93. The highest BCUT2D eigenvalue weighted by Crippen LogP contribution is 2.31. The summed E-state index contributed by atoms with van der Waals surface area (Å²) in [6, 6.07) is 12.1. The van der Waals surface area contributed by atoms with Gasteiger partial charge in [0.2, 0.25) is 0 Å². The molecule has 1 aliphatic heterocycles. The number of halogens is 1. The quantitative estimate of drug-likeness (QED) is 0.805. The first-order valence-corrected chi connectivity index (χ1v) is 7.65. The maximum Gasteiger partial charge on any atom is 0.171 e. The number of nitrogens with zero attached hydrogens (tertiary/aromatic N) is 1. The normalized spacial score (nSPS) is 13.3. The summed E-state index contributed by atoms with van der Waals surface area (Å²) in [6.45, 7) is 1.87. The fourth-order valence-corrected chi connectivity index (χ4v) is 2.87. The van der Waals surface area contributed by atoms with Crippen LogP contribution in [-0.2, 0) is 13.0 Å². The number of benzene rings is 2. The molecule has 3 nitrogen and oxygen atoms in total. The van der Waals surface area contributed by atoms with Crippen LogP contribution in [0.4, 0.5) is 0 Å². The zero-order valence-electron chi connectivity index (χ0n) is 12.8. The van der Waals surface area contributed by atoms with Crippen LogP contribution < -0.4 is 9.47 Å². The average molecular weight is 317 g/mol. The van der Waals surface area contributed by atoms with E-state index in [9.17, 15) is 0 Å². The van der Waals surface area contributed by atoms with Gasteiger partial charge in [-0.1, -0.05) is 23.7 Å². The van der Waals surface area contributed by atoms with Crippen LogP contribution in [0.2, 0.25) is 5.02 Å². The number of ether oxygens (including phenoxy) is 2. The molecule has 0 fully saturated rings. The number of methoxy groups -OCH3 is 2. The van der Waals surface area contributed by atoms with E-state index in [0.717, 1.165) is 36.0 Å². The van der Waals surface area contributed by atoms with Gasteiger partial charge in [0, 0.05) is 22.6 Å². The van der Waals surface area contributed by atoms with Crippen LogP contribution in [0.25, 0.3) is 0 Å². The first-order valence-electron chi connectivity index (χ1n) is 7.28. The standard InChI is InChI=1S/C18H19ClNO2/c1-21-17-9-14-7-8-20(12-15(14)10-18(17)22-2)11-13-3-5-16(19)6-4-13/h3-6,9-10,12H,7-8,11H2,1-2H3/q+1. The first-order chi connectivity index (χ1) is 10.7. The van der Waals surface area contributed by atoms with Crippen molar-refractivity contribution >= 4 is 17.8 Å². The topological polar surface area (TPSA) is 21.5 Å². The minimum absolute atomic E-state index is 0.769. The van der Waals surface area contributed by atoms with E-state index in [-0.39, 0.29) is 0 Å². The Labute approximate surface area is 135 Å². The van der Waals surface area contributed by atoms with Gasteiger partial charge in [0.25, 0.3) is 0 Å². The summed E-state index contributed by atoms with van der Waals surface area (Å²) in [5.74, 6) is 1.56. The number of hydrogen-bond acceptors (Lipinski definition) is 2. The van der Waals surface area contributed by atoms with E-state index in [1.807, 2.05) is 18.2 Å². The van der Waals surface area contributed by atoms with Gasteiger partial charge in [-0.2, -0.15) is 0 Å².